The van der Waals surface area contributed by atoms with Crippen LogP contribution in [-0.4, -0.2) is 59.0 Å². The topological polar surface area (TPSA) is 87.3 Å². The van der Waals surface area contributed by atoms with Crippen molar-refractivity contribution in [2.45, 2.75) is 24.4 Å². The van der Waals surface area contributed by atoms with Crippen LogP contribution in [0.2, 0.25) is 0 Å². The fraction of sp³-hybridized carbons (Fsp3) is 0.714. The van der Waals surface area contributed by atoms with Gasteiger partial charge in [-0.1, -0.05) is 11.8 Å². The number of nitrogens with two attached hydrogens (primary N) is 1. The van der Waals surface area contributed by atoms with E-state index in [1.54, 1.807) is 6.07 Å². The van der Waals surface area contributed by atoms with E-state index in [4.69, 9.17) is 5.73 Å². The second kappa shape index (κ2) is 8.41. The molecule has 1 atom stereocenters. The second-order valence-electron chi connectivity index (χ2n) is 5.44. The van der Waals surface area contributed by atoms with Gasteiger partial charge in [0.1, 0.15) is 11.6 Å². The molecule has 0 aliphatic carbocycles. The van der Waals surface area contributed by atoms with Gasteiger partial charge in [-0.2, -0.15) is 0 Å². The Morgan fingerprint density at radius 3 is 3.14 bits per heavy atom. The number of nitrogens with zero attached hydrogens (tertiary/aromatic N) is 3. The molecule has 1 aromatic heterocycles. The van der Waals surface area contributed by atoms with E-state index >= 15 is 0 Å². The fourth-order valence-corrected chi connectivity index (χ4v) is 3.03. The number of piperidine rings is 1. The lowest BCUT2D eigenvalue weighted by Crippen LogP contribution is -2.37. The summed E-state index contributed by atoms with van der Waals surface area (Å²) in [6.45, 7) is 4.40. The largest absolute Gasteiger partial charge is 0.396 e. The molecule has 2 rings (SSSR count). The van der Waals surface area contributed by atoms with Crippen molar-refractivity contribution in [2.24, 2.45) is 5.92 Å². The molecule has 1 aromatic rings. The van der Waals surface area contributed by atoms with Gasteiger partial charge in [0.15, 0.2) is 5.16 Å². The summed E-state index contributed by atoms with van der Waals surface area (Å²) in [4.78, 5) is 10.9. The van der Waals surface area contributed by atoms with E-state index in [2.05, 4.69) is 20.2 Å². The minimum Gasteiger partial charge on any atom is -0.396 e. The highest BCUT2D eigenvalue weighted by atomic mass is 32.2. The molecule has 6 nitrogen and oxygen atoms in total. The van der Waals surface area contributed by atoms with Crippen molar-refractivity contribution in [3.05, 3.63) is 6.07 Å². The van der Waals surface area contributed by atoms with Gasteiger partial charge in [-0.05, 0) is 44.5 Å². The number of rotatable bonds is 7. The molecule has 7 heteroatoms. The third kappa shape index (κ3) is 5.33. The highest BCUT2D eigenvalue weighted by Gasteiger charge is 2.18. The summed E-state index contributed by atoms with van der Waals surface area (Å²) < 4.78 is 0. The van der Waals surface area contributed by atoms with Crippen molar-refractivity contribution in [3.63, 3.8) is 0 Å². The van der Waals surface area contributed by atoms with Gasteiger partial charge in [0.05, 0.1) is 0 Å². The Balaban J connectivity index is 1.71. The van der Waals surface area contributed by atoms with Crippen LogP contribution in [0.25, 0.3) is 0 Å². The SMILES string of the molecule is CSc1nc(N)cc(NCCCN2CCCC(CO)C2)n1. The zero-order chi connectivity index (χ0) is 15.1. The quantitative estimate of drug-likeness (QED) is 0.397. The van der Waals surface area contributed by atoms with Crippen LogP contribution in [-0.2, 0) is 0 Å². The molecule has 118 valence electrons. The number of thioether (sulfide) groups is 1. The third-order valence-electron chi connectivity index (χ3n) is 3.73. The normalized spacial score (nSPS) is 19.6. The molecule has 4 N–H and O–H groups in total. The lowest BCUT2D eigenvalue weighted by atomic mass is 9.99. The minimum absolute atomic E-state index is 0.312. The van der Waals surface area contributed by atoms with Gasteiger partial charge in [0.25, 0.3) is 0 Å². The molecular weight excluding hydrogens is 286 g/mol. The van der Waals surface area contributed by atoms with Gasteiger partial charge in [-0.25, -0.2) is 9.97 Å². The molecule has 0 bridgehead atoms. The summed E-state index contributed by atoms with van der Waals surface area (Å²) in [5, 5.41) is 13.2. The first-order valence-electron chi connectivity index (χ1n) is 7.47. The molecular formula is C14H25N5OS. The maximum absolute atomic E-state index is 9.24. The van der Waals surface area contributed by atoms with Gasteiger partial charge in [-0.3, -0.25) is 0 Å². The van der Waals surface area contributed by atoms with Crippen molar-refractivity contribution in [2.75, 3.05) is 50.1 Å². The monoisotopic (exact) mass is 311 g/mol. The van der Waals surface area contributed by atoms with Crippen LogP contribution < -0.4 is 11.1 Å². The maximum atomic E-state index is 9.24. The average molecular weight is 311 g/mol. The maximum Gasteiger partial charge on any atom is 0.191 e. The van der Waals surface area contributed by atoms with Gasteiger partial charge in [0, 0.05) is 25.8 Å². The van der Waals surface area contributed by atoms with Crippen LogP contribution >= 0.6 is 11.8 Å². The predicted octanol–water partition coefficient (Wildman–Crippen LogP) is 1.29. The Morgan fingerprint density at radius 2 is 2.38 bits per heavy atom. The van der Waals surface area contributed by atoms with Gasteiger partial charge in [-0.15, -0.1) is 0 Å². The Labute approximate surface area is 130 Å². The minimum atomic E-state index is 0.312. The number of likely N-dealkylation sites (tertiary alicyclic amines) is 1. The van der Waals surface area contributed by atoms with Crippen LogP contribution in [0.5, 0.6) is 0 Å². The Kier molecular flexibility index (Phi) is 6.53. The van der Waals surface area contributed by atoms with Crippen LogP contribution in [0.3, 0.4) is 0 Å². The summed E-state index contributed by atoms with van der Waals surface area (Å²) in [5.74, 6) is 1.75. The Morgan fingerprint density at radius 1 is 1.52 bits per heavy atom. The van der Waals surface area contributed by atoms with E-state index in [-0.39, 0.29) is 0 Å². The molecule has 0 radical (unpaired) electrons. The second-order valence-corrected chi connectivity index (χ2v) is 6.21. The average Bonchev–Trinajstić information content (AvgIpc) is 2.51. The molecule has 1 unspecified atom stereocenters. The Hall–Kier alpha value is -1.05. The molecule has 0 saturated carbocycles. The molecule has 21 heavy (non-hydrogen) atoms. The molecule has 1 aliphatic heterocycles. The summed E-state index contributed by atoms with van der Waals surface area (Å²) in [6.07, 6.45) is 5.34. The van der Waals surface area contributed by atoms with Crippen LogP contribution in [0.4, 0.5) is 11.6 Å². The van der Waals surface area contributed by atoms with E-state index in [1.165, 1.54) is 18.2 Å². The standard InChI is InChI=1S/C14H25N5OS/c1-21-14-17-12(15)8-13(18-14)16-5-3-7-19-6-2-4-11(9-19)10-20/h8,11,20H,2-7,9-10H2,1H3,(H3,15,16,17,18). The molecule has 0 amide bonds. The van der Waals surface area contributed by atoms with E-state index in [1.807, 2.05) is 6.26 Å². The molecule has 1 saturated heterocycles. The highest BCUT2D eigenvalue weighted by molar-refractivity contribution is 7.98. The van der Waals surface area contributed by atoms with Crippen molar-refractivity contribution >= 4 is 23.4 Å². The van der Waals surface area contributed by atoms with Crippen molar-refractivity contribution in [3.8, 4) is 0 Å². The number of nitrogen functional groups attached to an aromatic ring is 1. The first-order valence-corrected chi connectivity index (χ1v) is 8.69. The van der Waals surface area contributed by atoms with Gasteiger partial charge >= 0.3 is 0 Å². The van der Waals surface area contributed by atoms with Crippen LogP contribution in [0.1, 0.15) is 19.3 Å². The molecule has 0 aromatic carbocycles. The summed E-state index contributed by atoms with van der Waals surface area (Å²) in [5.41, 5.74) is 5.75. The van der Waals surface area contributed by atoms with Crippen LogP contribution in [0.15, 0.2) is 11.2 Å². The smallest absolute Gasteiger partial charge is 0.191 e. The van der Waals surface area contributed by atoms with Crippen molar-refractivity contribution < 1.29 is 5.11 Å². The number of anilines is 2. The van der Waals surface area contributed by atoms with E-state index in [9.17, 15) is 5.11 Å². The zero-order valence-electron chi connectivity index (χ0n) is 12.6. The summed E-state index contributed by atoms with van der Waals surface area (Å²) >= 11 is 1.49. The van der Waals surface area contributed by atoms with E-state index in [0.29, 0.717) is 23.5 Å². The number of hydrogen-bond donors (Lipinski definition) is 3. The lowest BCUT2D eigenvalue weighted by Gasteiger charge is -2.31. The Bertz CT molecular complexity index is 445. The number of aliphatic hydroxyl groups is 1. The number of hydrogen-bond acceptors (Lipinski definition) is 7. The number of nitrogens with one attached hydrogen (secondary N) is 1. The van der Waals surface area contributed by atoms with Crippen LogP contribution in [0, 0.1) is 5.92 Å². The third-order valence-corrected chi connectivity index (χ3v) is 4.27. The van der Waals surface area contributed by atoms with Gasteiger partial charge < -0.3 is 21.1 Å². The highest BCUT2D eigenvalue weighted by Crippen LogP contribution is 2.17. The molecule has 1 fully saturated rings. The summed E-state index contributed by atoms with van der Waals surface area (Å²) in [7, 11) is 0. The molecule has 0 spiro atoms. The van der Waals surface area contributed by atoms with E-state index < -0.39 is 0 Å². The summed E-state index contributed by atoms with van der Waals surface area (Å²) in [6, 6.07) is 1.77. The number of aliphatic hydroxyl groups excluding tert-OH is 1. The molecule has 2 heterocycles. The number of aromatic nitrogens is 2. The van der Waals surface area contributed by atoms with Crippen molar-refractivity contribution in [1.82, 2.24) is 14.9 Å². The van der Waals surface area contributed by atoms with E-state index in [0.717, 1.165) is 44.8 Å². The first-order chi connectivity index (χ1) is 10.2. The van der Waals surface area contributed by atoms with Crippen molar-refractivity contribution in [1.29, 1.82) is 0 Å². The van der Waals surface area contributed by atoms with Gasteiger partial charge in [0.2, 0.25) is 0 Å². The first kappa shape index (κ1) is 16.3. The fourth-order valence-electron chi connectivity index (χ4n) is 2.65. The molecule has 1 aliphatic rings. The lowest BCUT2D eigenvalue weighted by molar-refractivity contribution is 0.120. The zero-order valence-corrected chi connectivity index (χ0v) is 13.4. The predicted molar refractivity (Wildman–Crippen MR) is 87.6 cm³/mol.